The minimum atomic E-state index is -0.933. The largest absolute Gasteiger partial charge is 0.484 e. The molecule has 1 amide bonds. The molecule has 0 aromatic heterocycles. The van der Waals surface area contributed by atoms with Crippen LogP contribution in [0.15, 0.2) is 40.8 Å². The molecular weight excluding hydrogens is 389 g/mol. The summed E-state index contributed by atoms with van der Waals surface area (Å²) in [6.45, 7) is 2.43. The molecule has 0 radical (unpaired) electrons. The number of ether oxygens (including phenoxy) is 1. The van der Waals surface area contributed by atoms with Gasteiger partial charge >= 0.3 is 0 Å². The van der Waals surface area contributed by atoms with E-state index in [4.69, 9.17) is 10.1 Å². The summed E-state index contributed by atoms with van der Waals surface area (Å²) < 4.78 is 19.8. The number of aliphatic hydroxyl groups is 1. The van der Waals surface area contributed by atoms with Gasteiger partial charge in [-0.05, 0) is 25.5 Å². The highest BCUT2D eigenvalue weighted by atomic mass is 19.1. The topological polar surface area (TPSA) is 110 Å². The van der Waals surface area contributed by atoms with Crippen molar-refractivity contribution in [3.05, 3.63) is 41.4 Å². The quantitative estimate of drug-likeness (QED) is 0.435. The number of nitrogens with zero attached hydrogens (tertiary/aromatic N) is 2. The number of allylic oxidation sites excluding steroid dienone is 1. The molecule has 0 saturated carbocycles. The zero-order valence-electron chi connectivity index (χ0n) is 16.6. The van der Waals surface area contributed by atoms with E-state index >= 15 is 0 Å². The normalized spacial score (nSPS) is 26.1. The fraction of sp³-hybridized carbons (Fsp3) is 0.381. The summed E-state index contributed by atoms with van der Waals surface area (Å²) in [4.78, 5) is 18.9. The number of rotatable bonds is 5. The summed E-state index contributed by atoms with van der Waals surface area (Å²) in [5, 5.41) is 23.0. The Kier molecular flexibility index (Phi) is 5.29. The van der Waals surface area contributed by atoms with Crippen LogP contribution in [0.5, 0.6) is 5.75 Å². The number of aliphatic imine (C=N–C) groups is 1. The van der Waals surface area contributed by atoms with Crippen molar-refractivity contribution >= 4 is 29.7 Å². The van der Waals surface area contributed by atoms with E-state index in [-0.39, 0.29) is 24.5 Å². The van der Waals surface area contributed by atoms with Crippen molar-refractivity contribution in [3.8, 4) is 5.75 Å². The number of hydrogen-bond donors (Lipinski definition) is 4. The Hall–Kier alpha value is -3.20. The zero-order chi connectivity index (χ0) is 21.3. The smallest absolute Gasteiger partial charge is 0.261 e. The number of halogens is 1. The first-order chi connectivity index (χ1) is 14.4. The Balaban J connectivity index is 1.69. The van der Waals surface area contributed by atoms with Gasteiger partial charge in [0.1, 0.15) is 23.3 Å². The van der Waals surface area contributed by atoms with E-state index in [2.05, 4.69) is 15.6 Å². The predicted molar refractivity (Wildman–Crippen MR) is 113 cm³/mol. The molecular formula is C21H24FN5O3. The molecule has 1 aromatic rings. The van der Waals surface area contributed by atoms with Crippen molar-refractivity contribution < 1.29 is 19.0 Å². The lowest BCUT2D eigenvalue weighted by Gasteiger charge is -2.23. The summed E-state index contributed by atoms with van der Waals surface area (Å²) in [6, 6.07) is 3.60. The van der Waals surface area contributed by atoms with Gasteiger partial charge in [-0.3, -0.25) is 4.79 Å². The average molecular weight is 413 g/mol. The van der Waals surface area contributed by atoms with Gasteiger partial charge in [-0.25, -0.2) is 9.38 Å². The van der Waals surface area contributed by atoms with Crippen LogP contribution >= 0.6 is 0 Å². The van der Waals surface area contributed by atoms with Crippen LogP contribution in [0.4, 0.5) is 15.8 Å². The molecule has 4 N–H and O–H groups in total. The number of carbonyl (C=O) groups excluding carboxylic acids is 1. The van der Waals surface area contributed by atoms with Crippen molar-refractivity contribution in [2.75, 3.05) is 29.9 Å². The van der Waals surface area contributed by atoms with Gasteiger partial charge in [-0.2, -0.15) is 0 Å². The number of alkyl halides is 1. The second-order valence-corrected chi connectivity index (χ2v) is 7.84. The molecule has 158 valence electrons. The number of fused-ring (bicyclic) bond motifs is 1. The standard InChI is InChI=1S/C21H24FN5O3/c1-21(12-28)9-13-7-16(17(8-18(13)30-21)27-6-3-14(22)11-27)26-20(29)15(10-23)19-24-4-2-5-25-19/h2,4-5,7-8,10,14,23-24,28H,3,6,9,11-12H2,1H3,(H,26,29)/b19-15-,23-10?/t14-,21+/m1/s1. The third-order valence-electron chi connectivity index (χ3n) is 5.40. The summed E-state index contributed by atoms with van der Waals surface area (Å²) in [7, 11) is 0. The number of benzene rings is 1. The molecule has 1 saturated heterocycles. The van der Waals surface area contributed by atoms with Crippen LogP contribution in [0.1, 0.15) is 18.9 Å². The molecule has 4 rings (SSSR count). The van der Waals surface area contributed by atoms with Gasteiger partial charge in [0.15, 0.2) is 0 Å². The monoisotopic (exact) mass is 413 g/mol. The van der Waals surface area contributed by atoms with Crippen molar-refractivity contribution in [1.29, 1.82) is 5.41 Å². The van der Waals surface area contributed by atoms with E-state index in [9.17, 15) is 14.3 Å². The Morgan fingerprint density at radius 1 is 1.57 bits per heavy atom. The number of nitrogens with one attached hydrogen (secondary N) is 3. The van der Waals surface area contributed by atoms with Crippen molar-refractivity contribution in [2.45, 2.75) is 31.5 Å². The van der Waals surface area contributed by atoms with Crippen LogP contribution in [-0.4, -0.2) is 54.9 Å². The minimum absolute atomic E-state index is 0.0725. The average Bonchev–Trinajstić information content (AvgIpc) is 3.31. The molecule has 3 heterocycles. The van der Waals surface area contributed by atoms with Gasteiger partial charge in [0.2, 0.25) is 0 Å². The highest BCUT2D eigenvalue weighted by molar-refractivity contribution is 6.18. The Labute approximate surface area is 173 Å². The third-order valence-corrected chi connectivity index (χ3v) is 5.40. The lowest BCUT2D eigenvalue weighted by atomic mass is 9.99. The molecule has 3 aliphatic rings. The van der Waals surface area contributed by atoms with Gasteiger partial charge in [-0.15, -0.1) is 0 Å². The highest BCUT2D eigenvalue weighted by Crippen LogP contribution is 2.42. The number of carbonyl (C=O) groups is 1. The molecule has 3 aliphatic heterocycles. The Morgan fingerprint density at radius 2 is 2.40 bits per heavy atom. The van der Waals surface area contributed by atoms with Crippen LogP contribution in [0.3, 0.4) is 0 Å². The van der Waals surface area contributed by atoms with E-state index < -0.39 is 17.7 Å². The lowest BCUT2D eigenvalue weighted by molar-refractivity contribution is -0.112. The number of amides is 1. The van der Waals surface area contributed by atoms with Crippen LogP contribution in [0.2, 0.25) is 0 Å². The van der Waals surface area contributed by atoms with E-state index in [1.54, 1.807) is 24.4 Å². The molecule has 0 unspecified atom stereocenters. The number of aliphatic hydroxyl groups excluding tert-OH is 1. The maximum absolute atomic E-state index is 13.9. The van der Waals surface area contributed by atoms with Crippen molar-refractivity contribution in [3.63, 3.8) is 0 Å². The van der Waals surface area contributed by atoms with Gasteiger partial charge < -0.3 is 30.8 Å². The molecule has 0 spiro atoms. The second kappa shape index (κ2) is 7.91. The SMILES string of the molecule is C[C@@]1(CO)Cc2cc(NC(=O)/C(C=N)=C3\N=CC=CN3)c(N3CC[C@@H](F)C3)cc2O1. The van der Waals surface area contributed by atoms with Crippen LogP contribution in [-0.2, 0) is 11.2 Å². The predicted octanol–water partition coefficient (Wildman–Crippen LogP) is 1.91. The van der Waals surface area contributed by atoms with Crippen molar-refractivity contribution in [2.24, 2.45) is 4.99 Å². The van der Waals surface area contributed by atoms with E-state index in [1.807, 2.05) is 11.8 Å². The summed E-state index contributed by atoms with van der Waals surface area (Å²) in [5.41, 5.74) is 1.35. The fourth-order valence-corrected chi connectivity index (χ4v) is 3.84. The second-order valence-electron chi connectivity index (χ2n) is 7.84. The van der Waals surface area contributed by atoms with Crippen LogP contribution in [0.25, 0.3) is 0 Å². The zero-order valence-corrected chi connectivity index (χ0v) is 16.6. The molecule has 0 aliphatic carbocycles. The molecule has 1 fully saturated rings. The first kappa shape index (κ1) is 20.1. The third kappa shape index (κ3) is 3.80. The Morgan fingerprint density at radius 3 is 3.03 bits per heavy atom. The molecule has 8 nitrogen and oxygen atoms in total. The molecule has 2 atom stereocenters. The maximum Gasteiger partial charge on any atom is 0.261 e. The Bertz CT molecular complexity index is 974. The molecule has 1 aromatic carbocycles. The van der Waals surface area contributed by atoms with E-state index in [1.165, 1.54) is 6.21 Å². The van der Waals surface area contributed by atoms with Crippen LogP contribution in [0, 0.1) is 5.41 Å². The number of anilines is 2. The molecule has 9 heteroatoms. The van der Waals surface area contributed by atoms with E-state index in [0.29, 0.717) is 36.5 Å². The minimum Gasteiger partial charge on any atom is -0.484 e. The van der Waals surface area contributed by atoms with Gasteiger partial charge in [-0.1, -0.05) is 0 Å². The van der Waals surface area contributed by atoms with Gasteiger partial charge in [0, 0.05) is 49.8 Å². The molecule has 0 bridgehead atoms. The molecule has 30 heavy (non-hydrogen) atoms. The van der Waals surface area contributed by atoms with Gasteiger partial charge in [0.25, 0.3) is 5.91 Å². The number of hydrogen-bond acceptors (Lipinski definition) is 7. The fourth-order valence-electron chi connectivity index (χ4n) is 3.84. The lowest BCUT2D eigenvalue weighted by Crippen LogP contribution is -2.34. The first-order valence-corrected chi connectivity index (χ1v) is 9.80. The summed E-state index contributed by atoms with van der Waals surface area (Å²) in [6.07, 6.45) is 5.75. The first-order valence-electron chi connectivity index (χ1n) is 9.80. The van der Waals surface area contributed by atoms with Crippen LogP contribution < -0.4 is 20.3 Å². The van der Waals surface area contributed by atoms with Crippen molar-refractivity contribution in [1.82, 2.24) is 5.32 Å². The van der Waals surface area contributed by atoms with E-state index in [0.717, 1.165) is 11.8 Å². The summed E-state index contributed by atoms with van der Waals surface area (Å²) in [5.74, 6) is 0.394. The maximum atomic E-state index is 13.9. The summed E-state index contributed by atoms with van der Waals surface area (Å²) >= 11 is 0. The highest BCUT2D eigenvalue weighted by Gasteiger charge is 2.36. The van der Waals surface area contributed by atoms with Gasteiger partial charge in [0.05, 0.1) is 23.6 Å².